The van der Waals surface area contributed by atoms with E-state index in [2.05, 4.69) is 0 Å². The van der Waals surface area contributed by atoms with Crippen molar-refractivity contribution in [3.05, 3.63) is 49.1 Å². The molecule has 1 atom stereocenters. The van der Waals surface area contributed by atoms with Gasteiger partial charge in [0.05, 0.1) is 11.4 Å². The fourth-order valence-electron chi connectivity index (χ4n) is 2.00. The van der Waals surface area contributed by atoms with Gasteiger partial charge in [0.1, 0.15) is 16.2 Å². The fourth-order valence-corrected chi connectivity index (χ4v) is 3.52. The monoisotopic (exact) mass is 316 g/mol. The van der Waals surface area contributed by atoms with E-state index in [1.165, 1.54) is 11.3 Å². The first kappa shape index (κ1) is 14.7. The van der Waals surface area contributed by atoms with Crippen molar-refractivity contribution in [2.45, 2.75) is 20.0 Å². The zero-order chi connectivity index (χ0) is 14.2. The summed E-state index contributed by atoms with van der Waals surface area (Å²) < 4.78 is 6.47. The van der Waals surface area contributed by atoms with Crippen molar-refractivity contribution in [3.8, 4) is 5.75 Å². The van der Waals surface area contributed by atoms with Crippen LogP contribution in [-0.2, 0) is 0 Å². The van der Waals surface area contributed by atoms with E-state index in [9.17, 15) is 5.11 Å². The Labute approximate surface area is 126 Å². The summed E-state index contributed by atoms with van der Waals surface area (Å²) in [7, 11) is 1.60. The average molecular weight is 317 g/mol. The van der Waals surface area contributed by atoms with Gasteiger partial charge < -0.3 is 9.84 Å². The quantitative estimate of drug-likeness (QED) is 0.884. The Hall–Kier alpha value is -0.740. The highest BCUT2D eigenvalue weighted by atomic mass is 35.5. The Kier molecular flexibility index (Phi) is 4.41. The summed E-state index contributed by atoms with van der Waals surface area (Å²) in [5, 5.41) is 10.5. The molecular formula is C14H14Cl2O2S. The van der Waals surface area contributed by atoms with Crippen molar-refractivity contribution < 1.29 is 9.84 Å². The van der Waals surface area contributed by atoms with Crippen molar-refractivity contribution in [2.75, 3.05) is 7.11 Å². The van der Waals surface area contributed by atoms with Gasteiger partial charge in [0, 0.05) is 11.1 Å². The summed E-state index contributed by atoms with van der Waals surface area (Å²) in [6.07, 6.45) is -0.842. The van der Waals surface area contributed by atoms with E-state index >= 15 is 0 Å². The molecule has 0 saturated heterocycles. The molecule has 0 saturated carbocycles. The number of aliphatic hydroxyl groups is 1. The molecule has 0 radical (unpaired) electrons. The number of thiophene rings is 1. The molecule has 2 aromatic rings. The number of ether oxygens (including phenoxy) is 1. The number of aryl methyl sites for hydroxylation is 1. The smallest absolute Gasteiger partial charge is 0.128 e. The maximum absolute atomic E-state index is 10.5. The van der Waals surface area contributed by atoms with E-state index in [1.54, 1.807) is 13.2 Å². The SMILES string of the molecule is COc1c(C(O)c2cc(Cl)sc2Cl)ccc(C)c1C. The zero-order valence-electron chi connectivity index (χ0n) is 10.8. The number of hydrogen-bond acceptors (Lipinski definition) is 3. The Morgan fingerprint density at radius 2 is 1.89 bits per heavy atom. The summed E-state index contributed by atoms with van der Waals surface area (Å²) in [5.74, 6) is 0.686. The number of methoxy groups -OCH3 is 1. The van der Waals surface area contributed by atoms with Crippen LogP contribution in [-0.4, -0.2) is 12.2 Å². The normalized spacial score (nSPS) is 12.5. The van der Waals surface area contributed by atoms with Crippen LogP contribution < -0.4 is 4.74 Å². The van der Waals surface area contributed by atoms with Crippen LogP contribution in [0.15, 0.2) is 18.2 Å². The molecule has 2 nitrogen and oxygen atoms in total. The minimum atomic E-state index is -0.842. The predicted octanol–water partition coefficient (Wildman–Crippen LogP) is 4.76. The molecule has 1 aromatic heterocycles. The molecule has 0 bridgehead atoms. The molecule has 102 valence electrons. The third kappa shape index (κ3) is 2.75. The van der Waals surface area contributed by atoms with Crippen LogP contribution in [0.4, 0.5) is 0 Å². The molecule has 0 aliphatic carbocycles. The molecule has 0 aliphatic heterocycles. The molecule has 1 heterocycles. The van der Waals surface area contributed by atoms with Gasteiger partial charge in [-0.2, -0.15) is 0 Å². The summed E-state index contributed by atoms with van der Waals surface area (Å²) >= 11 is 13.3. The average Bonchev–Trinajstić information content (AvgIpc) is 2.71. The first-order chi connectivity index (χ1) is 8.95. The van der Waals surface area contributed by atoms with Gasteiger partial charge in [-0.15, -0.1) is 11.3 Å². The van der Waals surface area contributed by atoms with Gasteiger partial charge in [-0.05, 0) is 31.0 Å². The second-order valence-corrected chi connectivity index (χ2v) is 6.60. The van der Waals surface area contributed by atoms with Gasteiger partial charge in [-0.25, -0.2) is 0 Å². The highest BCUT2D eigenvalue weighted by molar-refractivity contribution is 7.20. The van der Waals surface area contributed by atoms with Crippen LogP contribution in [0.5, 0.6) is 5.75 Å². The Bertz CT molecular complexity index is 608. The lowest BCUT2D eigenvalue weighted by Crippen LogP contribution is -2.04. The number of aliphatic hydroxyl groups excluding tert-OH is 1. The predicted molar refractivity (Wildman–Crippen MR) is 80.9 cm³/mol. The van der Waals surface area contributed by atoms with E-state index in [0.717, 1.165) is 11.1 Å². The van der Waals surface area contributed by atoms with E-state index in [1.807, 2.05) is 26.0 Å². The van der Waals surface area contributed by atoms with Crippen LogP contribution in [0.2, 0.25) is 8.67 Å². The first-order valence-corrected chi connectivity index (χ1v) is 7.29. The number of halogens is 2. The van der Waals surface area contributed by atoms with Crippen LogP contribution in [0.1, 0.15) is 28.4 Å². The van der Waals surface area contributed by atoms with Crippen LogP contribution in [0, 0.1) is 13.8 Å². The molecule has 1 aromatic carbocycles. The number of hydrogen-bond donors (Lipinski definition) is 1. The lowest BCUT2D eigenvalue weighted by atomic mass is 9.98. The zero-order valence-corrected chi connectivity index (χ0v) is 13.2. The Morgan fingerprint density at radius 3 is 2.42 bits per heavy atom. The van der Waals surface area contributed by atoms with Crippen LogP contribution in [0.25, 0.3) is 0 Å². The van der Waals surface area contributed by atoms with Crippen LogP contribution >= 0.6 is 34.5 Å². The molecule has 19 heavy (non-hydrogen) atoms. The number of benzene rings is 1. The van der Waals surface area contributed by atoms with Crippen molar-refractivity contribution in [3.63, 3.8) is 0 Å². The topological polar surface area (TPSA) is 29.5 Å². The van der Waals surface area contributed by atoms with Crippen LogP contribution in [0.3, 0.4) is 0 Å². The first-order valence-electron chi connectivity index (χ1n) is 5.72. The maximum atomic E-state index is 10.5. The van der Waals surface area contributed by atoms with E-state index in [0.29, 0.717) is 25.5 Å². The molecule has 0 amide bonds. The van der Waals surface area contributed by atoms with E-state index in [4.69, 9.17) is 27.9 Å². The van der Waals surface area contributed by atoms with Crippen molar-refractivity contribution in [1.82, 2.24) is 0 Å². The summed E-state index contributed by atoms with van der Waals surface area (Å²) in [6, 6.07) is 5.50. The van der Waals surface area contributed by atoms with Gasteiger partial charge in [-0.3, -0.25) is 0 Å². The number of rotatable bonds is 3. The van der Waals surface area contributed by atoms with E-state index in [-0.39, 0.29) is 0 Å². The highest BCUT2D eigenvalue weighted by Gasteiger charge is 2.21. The standard InChI is InChI=1S/C14H14Cl2O2S/c1-7-4-5-9(13(18-3)8(7)2)12(17)10-6-11(15)19-14(10)16/h4-6,12,17H,1-3H3. The minimum Gasteiger partial charge on any atom is -0.496 e. The van der Waals surface area contributed by atoms with E-state index < -0.39 is 6.10 Å². The molecular weight excluding hydrogens is 303 g/mol. The fraction of sp³-hybridized carbons (Fsp3) is 0.286. The maximum Gasteiger partial charge on any atom is 0.128 e. The van der Waals surface area contributed by atoms with Gasteiger partial charge >= 0.3 is 0 Å². The Balaban J connectivity index is 2.53. The summed E-state index contributed by atoms with van der Waals surface area (Å²) in [5.41, 5.74) is 3.43. The molecule has 1 unspecified atom stereocenters. The molecule has 0 fully saturated rings. The molecule has 5 heteroatoms. The Morgan fingerprint density at radius 1 is 1.21 bits per heavy atom. The van der Waals surface area contributed by atoms with Gasteiger partial charge in [0.2, 0.25) is 0 Å². The molecule has 0 spiro atoms. The van der Waals surface area contributed by atoms with Crippen molar-refractivity contribution >= 4 is 34.5 Å². The summed E-state index contributed by atoms with van der Waals surface area (Å²) in [4.78, 5) is 0. The second kappa shape index (κ2) is 5.71. The lowest BCUT2D eigenvalue weighted by Gasteiger charge is -2.17. The lowest BCUT2D eigenvalue weighted by molar-refractivity contribution is 0.215. The van der Waals surface area contributed by atoms with Gasteiger partial charge in [0.25, 0.3) is 0 Å². The van der Waals surface area contributed by atoms with Crippen molar-refractivity contribution in [1.29, 1.82) is 0 Å². The third-order valence-corrected chi connectivity index (χ3v) is 4.70. The molecule has 0 aliphatic rings. The summed E-state index contributed by atoms with van der Waals surface area (Å²) in [6.45, 7) is 3.97. The highest BCUT2D eigenvalue weighted by Crippen LogP contribution is 2.40. The molecule has 2 rings (SSSR count). The van der Waals surface area contributed by atoms with Gasteiger partial charge in [-0.1, -0.05) is 35.3 Å². The van der Waals surface area contributed by atoms with Gasteiger partial charge in [0.15, 0.2) is 0 Å². The van der Waals surface area contributed by atoms with Crippen molar-refractivity contribution in [2.24, 2.45) is 0 Å². The largest absolute Gasteiger partial charge is 0.496 e. The minimum absolute atomic E-state index is 0.498. The second-order valence-electron chi connectivity index (χ2n) is 4.31. The third-order valence-electron chi connectivity index (χ3n) is 3.18. The molecule has 1 N–H and O–H groups in total.